The molecule has 1 aliphatic carbocycles. The van der Waals surface area contributed by atoms with Crippen LogP contribution in [0.5, 0.6) is 0 Å². The van der Waals surface area contributed by atoms with Gasteiger partial charge in [-0.2, -0.15) is 0 Å². The standard InChI is InChI=1S/C25H42N2O/c1-3-4-17-22-27(2)23-18-15-13-11-9-7-5-6-8-10-12-14-16-19-25(28)26-24-20-21-24/h5-6,9-12,15,18,24H,3-4,7-8,13-14,16-17,19-23H2,1-2H3,(H,26,28). The summed E-state index contributed by atoms with van der Waals surface area (Å²) in [6, 6.07) is 0.486. The molecule has 0 bridgehead atoms. The van der Waals surface area contributed by atoms with Gasteiger partial charge in [0.05, 0.1) is 0 Å². The summed E-state index contributed by atoms with van der Waals surface area (Å²) in [6.07, 6.45) is 29.7. The van der Waals surface area contributed by atoms with Gasteiger partial charge in [-0.25, -0.2) is 0 Å². The fraction of sp³-hybridized carbons (Fsp3) is 0.640. The third-order valence-corrected chi connectivity index (χ3v) is 4.76. The van der Waals surface area contributed by atoms with Gasteiger partial charge in [-0.1, -0.05) is 68.4 Å². The van der Waals surface area contributed by atoms with Gasteiger partial charge in [-0.05, 0) is 65.0 Å². The lowest BCUT2D eigenvalue weighted by molar-refractivity contribution is -0.121. The van der Waals surface area contributed by atoms with Crippen LogP contribution >= 0.6 is 0 Å². The van der Waals surface area contributed by atoms with Gasteiger partial charge in [-0.15, -0.1) is 0 Å². The second-order valence-electron chi connectivity index (χ2n) is 7.80. The Kier molecular flexibility index (Phi) is 15.3. The van der Waals surface area contributed by atoms with Gasteiger partial charge in [0, 0.05) is 19.0 Å². The maximum atomic E-state index is 11.5. The summed E-state index contributed by atoms with van der Waals surface area (Å²) in [4.78, 5) is 13.9. The number of rotatable bonds is 17. The minimum atomic E-state index is 0.219. The Balaban J connectivity index is 1.89. The first-order valence-electron chi connectivity index (χ1n) is 11.3. The van der Waals surface area contributed by atoms with E-state index in [-0.39, 0.29) is 5.91 Å². The zero-order chi connectivity index (χ0) is 20.3. The zero-order valence-electron chi connectivity index (χ0n) is 18.2. The molecular formula is C25H42N2O. The van der Waals surface area contributed by atoms with E-state index in [0.717, 1.165) is 38.6 Å². The lowest BCUT2D eigenvalue weighted by Gasteiger charge is -2.13. The molecule has 0 aromatic carbocycles. The fourth-order valence-electron chi connectivity index (χ4n) is 2.82. The van der Waals surface area contributed by atoms with Crippen molar-refractivity contribution < 1.29 is 4.79 Å². The van der Waals surface area contributed by atoms with Crippen molar-refractivity contribution in [2.24, 2.45) is 0 Å². The molecule has 1 N–H and O–H groups in total. The third kappa shape index (κ3) is 16.6. The molecule has 28 heavy (non-hydrogen) atoms. The van der Waals surface area contributed by atoms with Gasteiger partial charge in [0.1, 0.15) is 0 Å². The van der Waals surface area contributed by atoms with Crippen molar-refractivity contribution in [3.63, 3.8) is 0 Å². The maximum absolute atomic E-state index is 11.5. The van der Waals surface area contributed by atoms with Crippen LogP contribution in [0.2, 0.25) is 0 Å². The van der Waals surface area contributed by atoms with E-state index >= 15 is 0 Å². The van der Waals surface area contributed by atoms with E-state index in [4.69, 9.17) is 0 Å². The van der Waals surface area contributed by atoms with E-state index in [1.165, 1.54) is 38.6 Å². The number of amides is 1. The van der Waals surface area contributed by atoms with Crippen molar-refractivity contribution in [3.8, 4) is 0 Å². The van der Waals surface area contributed by atoms with Crippen LogP contribution in [-0.2, 0) is 4.79 Å². The lowest BCUT2D eigenvalue weighted by Crippen LogP contribution is -2.24. The molecular weight excluding hydrogens is 344 g/mol. The minimum absolute atomic E-state index is 0.219. The predicted molar refractivity (Wildman–Crippen MR) is 122 cm³/mol. The topological polar surface area (TPSA) is 32.3 Å². The molecule has 1 saturated carbocycles. The molecule has 0 unspecified atom stereocenters. The third-order valence-electron chi connectivity index (χ3n) is 4.76. The van der Waals surface area contributed by atoms with Gasteiger partial charge < -0.3 is 10.2 Å². The molecule has 3 nitrogen and oxygen atoms in total. The molecule has 0 heterocycles. The summed E-state index contributed by atoms with van der Waals surface area (Å²) in [5.41, 5.74) is 0. The average Bonchev–Trinajstić information content (AvgIpc) is 3.49. The highest BCUT2D eigenvalue weighted by Crippen LogP contribution is 2.18. The van der Waals surface area contributed by atoms with Crippen LogP contribution in [0.25, 0.3) is 0 Å². The second-order valence-corrected chi connectivity index (χ2v) is 7.80. The van der Waals surface area contributed by atoms with Gasteiger partial charge >= 0.3 is 0 Å². The van der Waals surface area contributed by atoms with Crippen LogP contribution in [0.4, 0.5) is 0 Å². The smallest absolute Gasteiger partial charge is 0.220 e. The molecule has 0 atom stereocenters. The van der Waals surface area contributed by atoms with Crippen molar-refractivity contribution in [2.45, 2.75) is 83.6 Å². The number of unbranched alkanes of at least 4 members (excludes halogenated alkanes) is 3. The molecule has 0 aliphatic heterocycles. The zero-order valence-corrected chi connectivity index (χ0v) is 18.2. The van der Waals surface area contributed by atoms with E-state index in [9.17, 15) is 4.79 Å². The van der Waals surface area contributed by atoms with Gasteiger partial charge in [0.15, 0.2) is 0 Å². The van der Waals surface area contributed by atoms with Crippen LogP contribution in [-0.4, -0.2) is 37.0 Å². The van der Waals surface area contributed by atoms with Crippen molar-refractivity contribution in [2.75, 3.05) is 20.1 Å². The Morgan fingerprint density at radius 2 is 1.50 bits per heavy atom. The molecule has 0 radical (unpaired) electrons. The molecule has 0 aromatic rings. The number of carbonyl (C=O) groups is 1. The van der Waals surface area contributed by atoms with Crippen molar-refractivity contribution in [1.82, 2.24) is 10.2 Å². The summed E-state index contributed by atoms with van der Waals surface area (Å²) in [5, 5.41) is 3.03. The Morgan fingerprint density at radius 1 is 0.893 bits per heavy atom. The molecule has 0 saturated heterocycles. The Morgan fingerprint density at radius 3 is 2.11 bits per heavy atom. The van der Waals surface area contributed by atoms with E-state index in [0.29, 0.717) is 12.5 Å². The van der Waals surface area contributed by atoms with E-state index < -0.39 is 0 Å². The molecule has 0 aromatic heterocycles. The highest BCUT2D eigenvalue weighted by atomic mass is 16.1. The van der Waals surface area contributed by atoms with Crippen molar-refractivity contribution in [3.05, 3.63) is 48.6 Å². The minimum Gasteiger partial charge on any atom is -0.353 e. The van der Waals surface area contributed by atoms with E-state index in [1.54, 1.807) is 0 Å². The van der Waals surface area contributed by atoms with Gasteiger partial charge in [0.25, 0.3) is 0 Å². The first-order chi connectivity index (χ1) is 13.7. The number of nitrogens with zero attached hydrogens (tertiary/aromatic N) is 1. The number of hydrogen-bond acceptors (Lipinski definition) is 2. The fourth-order valence-corrected chi connectivity index (χ4v) is 2.82. The molecule has 158 valence electrons. The van der Waals surface area contributed by atoms with Crippen LogP contribution in [0.15, 0.2) is 48.6 Å². The van der Waals surface area contributed by atoms with Crippen LogP contribution in [0, 0.1) is 0 Å². The number of carbonyl (C=O) groups excluding carboxylic acids is 1. The van der Waals surface area contributed by atoms with Gasteiger partial charge in [-0.3, -0.25) is 4.79 Å². The molecule has 3 heteroatoms. The van der Waals surface area contributed by atoms with E-state index in [2.05, 4.69) is 72.8 Å². The highest BCUT2D eigenvalue weighted by molar-refractivity contribution is 5.76. The number of likely N-dealkylation sites (N-methyl/N-ethyl adjacent to an activating group) is 1. The van der Waals surface area contributed by atoms with Crippen LogP contribution in [0.3, 0.4) is 0 Å². The maximum Gasteiger partial charge on any atom is 0.220 e. The summed E-state index contributed by atoms with van der Waals surface area (Å²) in [7, 11) is 2.20. The predicted octanol–water partition coefficient (Wildman–Crippen LogP) is 5.95. The molecule has 1 fully saturated rings. The Labute approximate surface area is 173 Å². The lowest BCUT2D eigenvalue weighted by atomic mass is 10.2. The summed E-state index contributed by atoms with van der Waals surface area (Å²) in [6.45, 7) is 4.50. The van der Waals surface area contributed by atoms with Gasteiger partial charge in [0.2, 0.25) is 5.91 Å². The van der Waals surface area contributed by atoms with Crippen LogP contribution in [0.1, 0.15) is 77.6 Å². The quantitative estimate of drug-likeness (QED) is 0.247. The second kappa shape index (κ2) is 17.5. The molecule has 1 amide bonds. The number of nitrogens with one attached hydrogen (secondary N) is 1. The summed E-state index contributed by atoms with van der Waals surface area (Å²) >= 11 is 0. The Bertz CT molecular complexity index is 501. The largest absolute Gasteiger partial charge is 0.353 e. The molecule has 1 aliphatic rings. The summed E-state index contributed by atoms with van der Waals surface area (Å²) in [5.74, 6) is 0.219. The first-order valence-corrected chi connectivity index (χ1v) is 11.3. The molecule has 0 spiro atoms. The van der Waals surface area contributed by atoms with Crippen molar-refractivity contribution >= 4 is 5.91 Å². The number of hydrogen-bond donors (Lipinski definition) is 1. The van der Waals surface area contributed by atoms with Crippen LogP contribution < -0.4 is 5.32 Å². The highest BCUT2D eigenvalue weighted by Gasteiger charge is 2.22. The summed E-state index contributed by atoms with van der Waals surface area (Å²) < 4.78 is 0. The SMILES string of the molecule is CCCCCN(C)CC=CCC=CCC=CCC=CCCCC(=O)NC1CC1. The molecule has 1 rings (SSSR count). The monoisotopic (exact) mass is 386 g/mol. The Hall–Kier alpha value is -1.61. The average molecular weight is 387 g/mol. The van der Waals surface area contributed by atoms with Crippen molar-refractivity contribution in [1.29, 1.82) is 0 Å². The first kappa shape index (κ1) is 24.4. The van der Waals surface area contributed by atoms with E-state index in [1.807, 2.05) is 0 Å². The normalized spacial score (nSPS) is 15.1. The number of allylic oxidation sites excluding steroid dienone is 7.